The molecule has 35 heavy (non-hydrogen) atoms. The number of hydrogen-bond acceptors (Lipinski definition) is 5. The van der Waals surface area contributed by atoms with E-state index in [1.807, 2.05) is 62.4 Å². The predicted octanol–water partition coefficient (Wildman–Crippen LogP) is 6.13. The van der Waals surface area contributed by atoms with E-state index in [-0.39, 0.29) is 18.2 Å². The fourth-order valence-electron chi connectivity index (χ4n) is 3.73. The van der Waals surface area contributed by atoms with E-state index in [9.17, 15) is 9.59 Å². The van der Waals surface area contributed by atoms with Crippen molar-refractivity contribution in [2.45, 2.75) is 32.1 Å². The summed E-state index contributed by atoms with van der Waals surface area (Å²) >= 11 is 7.43. The minimum Gasteiger partial charge on any atom is -0.497 e. The summed E-state index contributed by atoms with van der Waals surface area (Å²) in [5.74, 6) is 0.350. The molecule has 1 aliphatic rings. The molecule has 1 unspecified atom stereocenters. The third-order valence-corrected chi connectivity index (χ3v) is 7.03. The van der Waals surface area contributed by atoms with Gasteiger partial charge in [0.1, 0.15) is 11.0 Å². The molecule has 0 radical (unpaired) electrons. The molecular formula is C27H26ClN3O3S. The van der Waals surface area contributed by atoms with E-state index in [1.165, 1.54) is 11.8 Å². The second-order valence-corrected chi connectivity index (χ2v) is 9.93. The average Bonchev–Trinajstić information content (AvgIpc) is 2.83. The van der Waals surface area contributed by atoms with E-state index >= 15 is 0 Å². The zero-order chi connectivity index (χ0) is 24.9. The van der Waals surface area contributed by atoms with Gasteiger partial charge in [0.2, 0.25) is 11.8 Å². The fraction of sp³-hybridized carbons (Fsp3) is 0.222. The maximum atomic E-state index is 13.3. The maximum absolute atomic E-state index is 13.3. The number of amidine groups is 1. The van der Waals surface area contributed by atoms with Crippen molar-refractivity contribution in [1.29, 1.82) is 0 Å². The van der Waals surface area contributed by atoms with Crippen LogP contribution in [-0.4, -0.2) is 34.2 Å². The van der Waals surface area contributed by atoms with Gasteiger partial charge >= 0.3 is 0 Å². The van der Waals surface area contributed by atoms with E-state index in [0.29, 0.717) is 22.4 Å². The lowest BCUT2D eigenvalue weighted by Gasteiger charge is -2.32. The van der Waals surface area contributed by atoms with Gasteiger partial charge in [-0.15, -0.1) is 0 Å². The second kappa shape index (κ2) is 11.0. The van der Waals surface area contributed by atoms with Gasteiger partial charge in [0.25, 0.3) is 0 Å². The summed E-state index contributed by atoms with van der Waals surface area (Å²) in [6, 6.07) is 20.5. The van der Waals surface area contributed by atoms with Gasteiger partial charge in [-0.2, -0.15) is 0 Å². The number of carbonyl (C=O) groups excluding carboxylic acids is 2. The van der Waals surface area contributed by atoms with E-state index in [4.69, 9.17) is 21.3 Å². The lowest BCUT2D eigenvalue weighted by molar-refractivity contribution is -0.129. The standard InChI is InChI=1S/C27H26ClN3O3S/c1-17-7-12-23(18(2)13-17)30-26(33)24-15-25(32)31(16-19-8-10-22(34-3)11-9-19)27(35-24)29-21-6-4-5-20(28)14-21/h4-14,24H,15-16H2,1-3H3,(H,30,33). The molecule has 180 valence electrons. The number of rotatable bonds is 6. The number of hydrogen-bond donors (Lipinski definition) is 1. The van der Waals surface area contributed by atoms with Gasteiger partial charge in [0.15, 0.2) is 5.17 Å². The first kappa shape index (κ1) is 24.8. The number of amides is 2. The largest absolute Gasteiger partial charge is 0.497 e. The van der Waals surface area contributed by atoms with Crippen LogP contribution in [0.2, 0.25) is 5.02 Å². The Hall–Kier alpha value is -3.29. The van der Waals surface area contributed by atoms with Crippen LogP contribution in [-0.2, 0) is 16.1 Å². The van der Waals surface area contributed by atoms with Gasteiger partial charge in [-0.25, -0.2) is 4.99 Å². The molecule has 1 aliphatic heterocycles. The fourth-order valence-corrected chi connectivity index (χ4v) is 5.02. The number of nitrogens with one attached hydrogen (secondary N) is 1. The third-order valence-electron chi connectivity index (χ3n) is 5.60. The van der Waals surface area contributed by atoms with Gasteiger partial charge in [0.05, 0.1) is 19.3 Å². The van der Waals surface area contributed by atoms with E-state index < -0.39 is 5.25 Å². The highest BCUT2D eigenvalue weighted by Crippen LogP contribution is 2.32. The number of halogens is 1. The van der Waals surface area contributed by atoms with Crippen molar-refractivity contribution in [3.63, 3.8) is 0 Å². The highest BCUT2D eigenvalue weighted by Gasteiger charge is 2.36. The number of anilines is 1. The van der Waals surface area contributed by atoms with Crippen LogP contribution in [0, 0.1) is 13.8 Å². The summed E-state index contributed by atoms with van der Waals surface area (Å²) in [6.45, 7) is 4.29. The number of aliphatic imine (C=N–C) groups is 1. The normalized spacial score (nSPS) is 16.9. The summed E-state index contributed by atoms with van der Waals surface area (Å²) in [5.41, 5.74) is 4.37. The van der Waals surface area contributed by atoms with Crippen LogP contribution >= 0.6 is 23.4 Å². The van der Waals surface area contributed by atoms with Crippen molar-refractivity contribution in [3.8, 4) is 5.75 Å². The second-order valence-electron chi connectivity index (χ2n) is 8.32. The number of methoxy groups -OCH3 is 1. The summed E-state index contributed by atoms with van der Waals surface area (Å²) in [6.07, 6.45) is 0.0755. The van der Waals surface area contributed by atoms with Crippen molar-refractivity contribution in [3.05, 3.63) is 88.4 Å². The Morgan fingerprint density at radius 2 is 1.91 bits per heavy atom. The molecule has 1 N–H and O–H groups in total. The number of benzene rings is 3. The molecule has 1 heterocycles. The smallest absolute Gasteiger partial charge is 0.238 e. The molecule has 0 aromatic heterocycles. The number of nitrogens with zero attached hydrogens (tertiary/aromatic N) is 2. The van der Waals surface area contributed by atoms with Crippen LogP contribution in [0.25, 0.3) is 0 Å². The first-order valence-corrected chi connectivity index (χ1v) is 12.4. The predicted molar refractivity (Wildman–Crippen MR) is 143 cm³/mol. The molecule has 1 fully saturated rings. The minimum atomic E-state index is -0.603. The van der Waals surface area contributed by atoms with E-state index in [0.717, 1.165) is 28.1 Å². The van der Waals surface area contributed by atoms with Gasteiger partial charge in [-0.05, 0) is 61.4 Å². The van der Waals surface area contributed by atoms with Crippen LogP contribution in [0.1, 0.15) is 23.1 Å². The van der Waals surface area contributed by atoms with Crippen LogP contribution < -0.4 is 10.1 Å². The molecule has 0 spiro atoms. The van der Waals surface area contributed by atoms with Gasteiger partial charge in [-0.1, -0.05) is 59.3 Å². The molecule has 0 bridgehead atoms. The molecule has 3 aromatic rings. The summed E-state index contributed by atoms with van der Waals surface area (Å²) in [4.78, 5) is 32.7. The van der Waals surface area contributed by atoms with Crippen molar-refractivity contribution >= 4 is 51.7 Å². The molecule has 3 aromatic carbocycles. The first-order chi connectivity index (χ1) is 16.8. The van der Waals surface area contributed by atoms with Crippen LogP contribution in [0.5, 0.6) is 5.75 Å². The average molecular weight is 508 g/mol. The van der Waals surface area contributed by atoms with Gasteiger partial charge in [-0.3, -0.25) is 14.5 Å². The number of aryl methyl sites for hydroxylation is 2. The Bertz CT molecular complexity index is 1280. The van der Waals surface area contributed by atoms with Crippen molar-refractivity contribution in [2.24, 2.45) is 4.99 Å². The summed E-state index contributed by atoms with van der Waals surface area (Å²) < 4.78 is 5.23. The Kier molecular flexibility index (Phi) is 7.78. The maximum Gasteiger partial charge on any atom is 0.238 e. The van der Waals surface area contributed by atoms with E-state index in [1.54, 1.807) is 30.2 Å². The summed E-state index contributed by atoms with van der Waals surface area (Å²) in [5, 5.41) is 3.38. The molecule has 0 saturated carbocycles. The van der Waals surface area contributed by atoms with Crippen molar-refractivity contribution in [1.82, 2.24) is 4.90 Å². The van der Waals surface area contributed by atoms with Gasteiger partial charge < -0.3 is 10.1 Å². The zero-order valence-electron chi connectivity index (χ0n) is 19.7. The summed E-state index contributed by atoms with van der Waals surface area (Å²) in [7, 11) is 1.61. The van der Waals surface area contributed by atoms with Gasteiger partial charge in [0, 0.05) is 17.1 Å². The number of carbonyl (C=O) groups is 2. The molecule has 2 amide bonds. The minimum absolute atomic E-state index is 0.0755. The van der Waals surface area contributed by atoms with Crippen molar-refractivity contribution in [2.75, 3.05) is 12.4 Å². The number of thioether (sulfide) groups is 1. The van der Waals surface area contributed by atoms with Crippen LogP contribution in [0.4, 0.5) is 11.4 Å². The quantitative estimate of drug-likeness (QED) is 0.436. The Morgan fingerprint density at radius 3 is 2.60 bits per heavy atom. The SMILES string of the molecule is COc1ccc(CN2C(=O)CC(C(=O)Nc3ccc(C)cc3C)SC2=Nc2cccc(Cl)c2)cc1. The van der Waals surface area contributed by atoms with Crippen molar-refractivity contribution < 1.29 is 14.3 Å². The monoisotopic (exact) mass is 507 g/mol. The third kappa shape index (κ3) is 6.24. The highest BCUT2D eigenvalue weighted by molar-refractivity contribution is 8.15. The van der Waals surface area contributed by atoms with Crippen LogP contribution in [0.3, 0.4) is 0 Å². The Balaban J connectivity index is 1.60. The first-order valence-electron chi connectivity index (χ1n) is 11.1. The van der Waals surface area contributed by atoms with E-state index in [2.05, 4.69) is 5.32 Å². The number of ether oxygens (including phenoxy) is 1. The molecule has 4 rings (SSSR count). The topological polar surface area (TPSA) is 71.0 Å². The molecule has 6 nitrogen and oxygen atoms in total. The lowest BCUT2D eigenvalue weighted by Crippen LogP contribution is -2.44. The molecule has 1 saturated heterocycles. The Labute approximate surface area is 214 Å². The highest BCUT2D eigenvalue weighted by atomic mass is 35.5. The van der Waals surface area contributed by atoms with Crippen LogP contribution in [0.15, 0.2) is 71.7 Å². The molecular weight excluding hydrogens is 482 g/mol. The lowest BCUT2D eigenvalue weighted by atomic mass is 10.1. The zero-order valence-corrected chi connectivity index (χ0v) is 21.3. The molecule has 1 atom stereocenters. The Morgan fingerprint density at radius 1 is 1.14 bits per heavy atom. The molecule has 0 aliphatic carbocycles. The molecule has 8 heteroatoms.